The van der Waals surface area contributed by atoms with Crippen LogP contribution < -0.4 is 0 Å². The summed E-state index contributed by atoms with van der Waals surface area (Å²) < 4.78 is 0. The average molecular weight is 182 g/mol. The first-order chi connectivity index (χ1) is 6.00. The standard InChI is InChI=1S/C9H10O4/c1-5(10)9(13)6-2-7(11)4-8(12)3-6/h2-5,10-12H,1H3/t5-/m0/s1. The molecule has 0 aliphatic heterocycles. The van der Waals surface area contributed by atoms with E-state index >= 15 is 0 Å². The van der Waals surface area contributed by atoms with Gasteiger partial charge in [0, 0.05) is 11.6 Å². The maximum Gasteiger partial charge on any atom is 0.191 e. The highest BCUT2D eigenvalue weighted by atomic mass is 16.3. The molecule has 1 aromatic rings. The Morgan fingerprint density at radius 3 is 2.08 bits per heavy atom. The predicted molar refractivity (Wildman–Crippen MR) is 45.8 cm³/mol. The molecule has 4 nitrogen and oxygen atoms in total. The van der Waals surface area contributed by atoms with Gasteiger partial charge in [0.2, 0.25) is 0 Å². The highest BCUT2D eigenvalue weighted by Gasteiger charge is 2.13. The van der Waals surface area contributed by atoms with Crippen molar-refractivity contribution in [2.75, 3.05) is 0 Å². The maximum atomic E-state index is 11.2. The molecule has 0 unspecified atom stereocenters. The number of hydrogen-bond donors (Lipinski definition) is 3. The maximum absolute atomic E-state index is 11.2. The van der Waals surface area contributed by atoms with E-state index in [1.54, 1.807) is 0 Å². The summed E-state index contributed by atoms with van der Waals surface area (Å²) in [5.41, 5.74) is 0.0903. The van der Waals surface area contributed by atoms with E-state index in [0.29, 0.717) is 0 Å². The van der Waals surface area contributed by atoms with Gasteiger partial charge in [0.15, 0.2) is 5.78 Å². The number of benzene rings is 1. The molecule has 0 aliphatic rings. The third kappa shape index (κ3) is 2.19. The molecule has 0 amide bonds. The zero-order valence-electron chi connectivity index (χ0n) is 7.06. The second kappa shape index (κ2) is 3.45. The lowest BCUT2D eigenvalue weighted by molar-refractivity contribution is 0.0779. The molecule has 0 aliphatic carbocycles. The van der Waals surface area contributed by atoms with Gasteiger partial charge in [-0.15, -0.1) is 0 Å². The molecule has 0 aromatic heterocycles. The van der Waals surface area contributed by atoms with Crippen molar-refractivity contribution in [1.29, 1.82) is 0 Å². The Morgan fingerprint density at radius 1 is 1.23 bits per heavy atom. The number of carbonyl (C=O) groups is 1. The minimum Gasteiger partial charge on any atom is -0.508 e. The average Bonchev–Trinajstić information content (AvgIpc) is 2.01. The molecule has 3 N–H and O–H groups in total. The van der Waals surface area contributed by atoms with Crippen molar-refractivity contribution >= 4 is 5.78 Å². The van der Waals surface area contributed by atoms with Crippen LogP contribution >= 0.6 is 0 Å². The molecule has 0 saturated carbocycles. The number of phenols is 2. The summed E-state index contributed by atoms with van der Waals surface area (Å²) in [6.45, 7) is 1.32. The first kappa shape index (κ1) is 9.54. The van der Waals surface area contributed by atoms with Gasteiger partial charge < -0.3 is 15.3 Å². The van der Waals surface area contributed by atoms with Crippen LogP contribution in [-0.4, -0.2) is 27.2 Å². The number of ketones is 1. The van der Waals surface area contributed by atoms with Gasteiger partial charge in [-0.3, -0.25) is 4.79 Å². The number of aliphatic hydroxyl groups is 1. The Hall–Kier alpha value is -1.55. The van der Waals surface area contributed by atoms with E-state index < -0.39 is 11.9 Å². The fourth-order valence-electron chi connectivity index (χ4n) is 0.979. The van der Waals surface area contributed by atoms with Crippen molar-refractivity contribution < 1.29 is 20.1 Å². The van der Waals surface area contributed by atoms with E-state index in [9.17, 15) is 4.79 Å². The van der Waals surface area contributed by atoms with Crippen molar-refractivity contribution in [2.45, 2.75) is 13.0 Å². The summed E-state index contributed by atoms with van der Waals surface area (Å²) in [5, 5.41) is 27.0. The molecule has 0 fully saturated rings. The van der Waals surface area contributed by atoms with Crippen LogP contribution in [0.1, 0.15) is 17.3 Å². The van der Waals surface area contributed by atoms with E-state index in [4.69, 9.17) is 15.3 Å². The molecular weight excluding hydrogens is 172 g/mol. The molecule has 0 radical (unpaired) electrons. The number of phenolic OH excluding ortho intramolecular Hbond substituents is 2. The Morgan fingerprint density at radius 2 is 1.69 bits per heavy atom. The molecular formula is C9H10O4. The Labute approximate surface area is 75.1 Å². The molecule has 70 valence electrons. The van der Waals surface area contributed by atoms with Gasteiger partial charge in [0.05, 0.1) is 0 Å². The van der Waals surface area contributed by atoms with E-state index in [0.717, 1.165) is 6.07 Å². The molecule has 13 heavy (non-hydrogen) atoms. The van der Waals surface area contributed by atoms with Gasteiger partial charge in [-0.25, -0.2) is 0 Å². The fourth-order valence-corrected chi connectivity index (χ4v) is 0.979. The summed E-state index contributed by atoms with van der Waals surface area (Å²) in [6.07, 6.45) is -1.14. The summed E-state index contributed by atoms with van der Waals surface area (Å²) >= 11 is 0. The molecule has 1 aromatic carbocycles. The van der Waals surface area contributed by atoms with E-state index in [1.807, 2.05) is 0 Å². The lowest BCUT2D eigenvalue weighted by atomic mass is 10.1. The van der Waals surface area contributed by atoms with Crippen LogP contribution in [0.5, 0.6) is 11.5 Å². The quantitative estimate of drug-likeness (QED) is 0.587. The van der Waals surface area contributed by atoms with Gasteiger partial charge in [-0.2, -0.15) is 0 Å². The molecule has 0 heterocycles. The number of aromatic hydroxyl groups is 2. The highest BCUT2D eigenvalue weighted by Crippen LogP contribution is 2.21. The van der Waals surface area contributed by atoms with Crippen LogP contribution in [0, 0.1) is 0 Å². The van der Waals surface area contributed by atoms with Crippen molar-refractivity contribution in [3.8, 4) is 11.5 Å². The Balaban J connectivity index is 3.08. The van der Waals surface area contributed by atoms with Crippen LogP contribution in [0.4, 0.5) is 0 Å². The number of carbonyl (C=O) groups excluding carboxylic acids is 1. The SMILES string of the molecule is C[C@H](O)C(=O)c1cc(O)cc(O)c1. The number of aliphatic hydroxyl groups excluding tert-OH is 1. The smallest absolute Gasteiger partial charge is 0.191 e. The van der Waals surface area contributed by atoms with Gasteiger partial charge in [0.25, 0.3) is 0 Å². The highest BCUT2D eigenvalue weighted by molar-refractivity contribution is 5.99. The topological polar surface area (TPSA) is 77.8 Å². The van der Waals surface area contributed by atoms with Crippen molar-refractivity contribution in [3.63, 3.8) is 0 Å². The molecule has 0 saturated heterocycles. The number of hydrogen-bond acceptors (Lipinski definition) is 4. The molecule has 0 spiro atoms. The number of Topliss-reactive ketones (excluding diaryl/α,β-unsaturated/α-hetero) is 1. The molecule has 4 heteroatoms. The third-order valence-corrected chi connectivity index (χ3v) is 1.57. The monoisotopic (exact) mass is 182 g/mol. The van der Waals surface area contributed by atoms with E-state index in [1.165, 1.54) is 19.1 Å². The lowest BCUT2D eigenvalue weighted by Gasteiger charge is -2.04. The van der Waals surface area contributed by atoms with Crippen molar-refractivity contribution in [3.05, 3.63) is 23.8 Å². The zero-order valence-corrected chi connectivity index (χ0v) is 7.06. The number of rotatable bonds is 2. The minimum absolute atomic E-state index is 0.0903. The fraction of sp³-hybridized carbons (Fsp3) is 0.222. The largest absolute Gasteiger partial charge is 0.508 e. The first-order valence-electron chi connectivity index (χ1n) is 3.76. The third-order valence-electron chi connectivity index (χ3n) is 1.57. The van der Waals surface area contributed by atoms with Gasteiger partial charge >= 0.3 is 0 Å². The first-order valence-corrected chi connectivity index (χ1v) is 3.76. The summed E-state index contributed by atoms with van der Waals surface area (Å²) in [7, 11) is 0. The van der Waals surface area contributed by atoms with Crippen molar-refractivity contribution in [2.24, 2.45) is 0 Å². The predicted octanol–water partition coefficient (Wildman–Crippen LogP) is 0.661. The Kier molecular flexibility index (Phi) is 2.53. The van der Waals surface area contributed by atoms with Gasteiger partial charge in [-0.1, -0.05) is 0 Å². The van der Waals surface area contributed by atoms with E-state index in [2.05, 4.69) is 0 Å². The van der Waals surface area contributed by atoms with Crippen LogP contribution in [0.25, 0.3) is 0 Å². The second-order valence-electron chi connectivity index (χ2n) is 2.78. The summed E-state index contributed by atoms with van der Waals surface area (Å²) in [4.78, 5) is 11.2. The molecule has 1 rings (SSSR count). The van der Waals surface area contributed by atoms with Gasteiger partial charge in [0.1, 0.15) is 17.6 Å². The summed E-state index contributed by atoms with van der Waals surface area (Å²) in [5.74, 6) is -0.945. The van der Waals surface area contributed by atoms with Gasteiger partial charge in [-0.05, 0) is 19.1 Å². The minimum atomic E-state index is -1.14. The van der Waals surface area contributed by atoms with Crippen molar-refractivity contribution in [1.82, 2.24) is 0 Å². The molecule has 1 atom stereocenters. The Bertz CT molecular complexity index is 310. The van der Waals surface area contributed by atoms with Crippen LogP contribution in [0.2, 0.25) is 0 Å². The second-order valence-corrected chi connectivity index (χ2v) is 2.78. The lowest BCUT2D eigenvalue weighted by Crippen LogP contribution is -2.15. The van der Waals surface area contributed by atoms with E-state index in [-0.39, 0.29) is 17.1 Å². The van der Waals surface area contributed by atoms with Crippen LogP contribution in [0.3, 0.4) is 0 Å². The summed E-state index contributed by atoms with van der Waals surface area (Å²) in [6, 6.07) is 3.49. The van der Waals surface area contributed by atoms with Crippen LogP contribution in [-0.2, 0) is 0 Å². The molecule has 0 bridgehead atoms. The van der Waals surface area contributed by atoms with Crippen LogP contribution in [0.15, 0.2) is 18.2 Å². The normalized spacial score (nSPS) is 12.5. The zero-order chi connectivity index (χ0) is 10.0.